The molecule has 1 fully saturated rings. The Bertz CT molecular complexity index is 398. The highest BCUT2D eigenvalue weighted by Gasteiger charge is 2.28. The summed E-state index contributed by atoms with van der Waals surface area (Å²) in [5.74, 6) is -1.84. The third kappa shape index (κ3) is 1.71. The van der Waals surface area contributed by atoms with Crippen LogP contribution in [0.5, 0.6) is 0 Å². The molecule has 0 bridgehead atoms. The average Bonchev–Trinajstić information content (AvgIpc) is 2.72. The first-order valence-corrected chi connectivity index (χ1v) is 5.26. The quantitative estimate of drug-likeness (QED) is 0.754. The molecule has 1 aromatic rings. The number of benzene rings is 1. The van der Waals surface area contributed by atoms with Gasteiger partial charge < -0.3 is 15.7 Å². The molecule has 1 heterocycles. The number of aliphatic hydroxyl groups excluding tert-OH is 1. The van der Waals surface area contributed by atoms with Crippen molar-refractivity contribution < 1.29 is 13.9 Å². The summed E-state index contributed by atoms with van der Waals surface area (Å²) in [7, 11) is 0. The molecule has 16 heavy (non-hydrogen) atoms. The number of nitrogens with two attached hydrogens (primary N) is 1. The minimum Gasteiger partial charge on any atom is -0.397 e. The summed E-state index contributed by atoms with van der Waals surface area (Å²) < 4.78 is 26.8. The zero-order valence-electron chi connectivity index (χ0n) is 8.79. The van der Waals surface area contributed by atoms with Crippen molar-refractivity contribution in [3.8, 4) is 0 Å². The lowest BCUT2D eigenvalue weighted by Gasteiger charge is -2.27. The number of halogens is 2. The van der Waals surface area contributed by atoms with Gasteiger partial charge in [0, 0.05) is 6.54 Å². The van der Waals surface area contributed by atoms with Crippen LogP contribution in [0.2, 0.25) is 0 Å². The van der Waals surface area contributed by atoms with E-state index in [9.17, 15) is 8.78 Å². The normalized spacial score (nSPS) is 20.4. The van der Waals surface area contributed by atoms with E-state index in [1.165, 1.54) is 6.07 Å². The van der Waals surface area contributed by atoms with Crippen LogP contribution in [0.3, 0.4) is 0 Å². The van der Waals surface area contributed by atoms with E-state index in [2.05, 4.69) is 0 Å². The fourth-order valence-corrected chi connectivity index (χ4v) is 2.17. The Morgan fingerprint density at radius 3 is 2.88 bits per heavy atom. The minimum absolute atomic E-state index is 0.0740. The average molecular weight is 228 g/mol. The SMILES string of the molecule is Nc1ccc(F)c(F)c1N1CCCC1CO. The van der Waals surface area contributed by atoms with Gasteiger partial charge in [0.25, 0.3) is 0 Å². The molecular formula is C11H14F2N2O. The smallest absolute Gasteiger partial charge is 0.184 e. The highest BCUT2D eigenvalue weighted by Crippen LogP contribution is 2.33. The maximum Gasteiger partial charge on any atom is 0.184 e. The van der Waals surface area contributed by atoms with Crippen LogP contribution in [-0.2, 0) is 0 Å². The summed E-state index contributed by atoms with van der Waals surface area (Å²) >= 11 is 0. The Labute approximate surface area is 92.5 Å². The second kappa shape index (κ2) is 4.25. The molecule has 1 atom stereocenters. The molecule has 3 nitrogen and oxygen atoms in total. The zero-order chi connectivity index (χ0) is 11.7. The van der Waals surface area contributed by atoms with Crippen LogP contribution in [0.4, 0.5) is 20.2 Å². The van der Waals surface area contributed by atoms with Crippen LogP contribution in [0.1, 0.15) is 12.8 Å². The van der Waals surface area contributed by atoms with Gasteiger partial charge in [-0.1, -0.05) is 0 Å². The number of aliphatic hydroxyl groups is 1. The van der Waals surface area contributed by atoms with E-state index >= 15 is 0 Å². The molecule has 1 aromatic carbocycles. The van der Waals surface area contributed by atoms with Gasteiger partial charge in [0.05, 0.1) is 24.0 Å². The van der Waals surface area contributed by atoms with Gasteiger partial charge in [-0.25, -0.2) is 8.78 Å². The maximum absolute atomic E-state index is 13.6. The molecule has 88 valence electrons. The number of hydrogen-bond donors (Lipinski definition) is 2. The van der Waals surface area contributed by atoms with Crippen molar-refractivity contribution in [2.75, 3.05) is 23.8 Å². The summed E-state index contributed by atoms with van der Waals surface area (Å²) in [4.78, 5) is 1.65. The largest absolute Gasteiger partial charge is 0.397 e. The highest BCUT2D eigenvalue weighted by molar-refractivity contribution is 5.69. The van der Waals surface area contributed by atoms with E-state index in [0.29, 0.717) is 6.54 Å². The van der Waals surface area contributed by atoms with Crippen molar-refractivity contribution in [2.45, 2.75) is 18.9 Å². The van der Waals surface area contributed by atoms with Crippen LogP contribution >= 0.6 is 0 Å². The second-order valence-corrected chi connectivity index (χ2v) is 3.97. The van der Waals surface area contributed by atoms with Crippen molar-refractivity contribution >= 4 is 11.4 Å². The fraction of sp³-hybridized carbons (Fsp3) is 0.455. The summed E-state index contributed by atoms with van der Waals surface area (Å²) in [6.45, 7) is 0.519. The monoisotopic (exact) mass is 228 g/mol. The summed E-state index contributed by atoms with van der Waals surface area (Å²) in [6.07, 6.45) is 1.62. The third-order valence-corrected chi connectivity index (χ3v) is 2.98. The first kappa shape index (κ1) is 11.1. The van der Waals surface area contributed by atoms with Crippen molar-refractivity contribution in [3.63, 3.8) is 0 Å². The van der Waals surface area contributed by atoms with Gasteiger partial charge in [-0.3, -0.25) is 0 Å². The Balaban J connectivity index is 2.43. The maximum atomic E-state index is 13.6. The summed E-state index contributed by atoms with van der Waals surface area (Å²) in [6, 6.07) is 2.19. The third-order valence-electron chi connectivity index (χ3n) is 2.98. The van der Waals surface area contributed by atoms with Gasteiger partial charge in [-0.05, 0) is 25.0 Å². The van der Waals surface area contributed by atoms with Crippen molar-refractivity contribution in [3.05, 3.63) is 23.8 Å². The molecule has 0 aliphatic carbocycles. The molecule has 1 unspecified atom stereocenters. The first-order valence-electron chi connectivity index (χ1n) is 5.26. The summed E-state index contributed by atoms with van der Waals surface area (Å²) in [5.41, 5.74) is 5.94. The molecule has 2 rings (SSSR count). The van der Waals surface area contributed by atoms with Gasteiger partial charge in [0.1, 0.15) is 0 Å². The fourth-order valence-electron chi connectivity index (χ4n) is 2.17. The Hall–Kier alpha value is -1.36. The van der Waals surface area contributed by atoms with Crippen LogP contribution in [0.25, 0.3) is 0 Å². The molecule has 1 aliphatic heterocycles. The van der Waals surface area contributed by atoms with E-state index in [1.54, 1.807) is 4.90 Å². The predicted octanol–water partition coefficient (Wildman–Crippen LogP) is 1.51. The molecular weight excluding hydrogens is 214 g/mol. The number of hydrogen-bond acceptors (Lipinski definition) is 3. The van der Waals surface area contributed by atoms with Gasteiger partial charge in [0.2, 0.25) is 0 Å². The van der Waals surface area contributed by atoms with Crippen molar-refractivity contribution in [1.82, 2.24) is 0 Å². The van der Waals surface area contributed by atoms with E-state index in [4.69, 9.17) is 10.8 Å². The molecule has 0 radical (unpaired) electrons. The first-order chi connectivity index (χ1) is 7.65. The lowest BCUT2D eigenvalue weighted by atomic mass is 10.2. The molecule has 3 N–H and O–H groups in total. The molecule has 0 spiro atoms. The van der Waals surface area contributed by atoms with Gasteiger partial charge in [0.15, 0.2) is 11.6 Å². The van der Waals surface area contributed by atoms with E-state index < -0.39 is 11.6 Å². The van der Waals surface area contributed by atoms with Crippen LogP contribution in [-0.4, -0.2) is 24.3 Å². The van der Waals surface area contributed by atoms with Crippen molar-refractivity contribution in [1.29, 1.82) is 0 Å². The Kier molecular flexibility index (Phi) is 2.96. The lowest BCUT2D eigenvalue weighted by Crippen LogP contribution is -2.33. The molecule has 1 aliphatic rings. The second-order valence-electron chi connectivity index (χ2n) is 3.97. The van der Waals surface area contributed by atoms with Gasteiger partial charge in [-0.2, -0.15) is 0 Å². The Morgan fingerprint density at radius 2 is 2.19 bits per heavy atom. The summed E-state index contributed by atoms with van der Waals surface area (Å²) in [5, 5.41) is 9.15. The standard InChI is InChI=1S/C11H14F2N2O/c12-8-3-4-9(14)11(10(8)13)15-5-1-2-7(15)6-16/h3-4,7,16H,1-2,5-6,14H2. The molecule has 5 heteroatoms. The van der Waals surface area contributed by atoms with Crippen molar-refractivity contribution in [2.24, 2.45) is 0 Å². The van der Waals surface area contributed by atoms with Crippen LogP contribution < -0.4 is 10.6 Å². The highest BCUT2D eigenvalue weighted by atomic mass is 19.2. The van der Waals surface area contributed by atoms with E-state index in [-0.39, 0.29) is 24.0 Å². The minimum atomic E-state index is -0.930. The lowest BCUT2D eigenvalue weighted by molar-refractivity contribution is 0.266. The number of nitrogens with zero attached hydrogens (tertiary/aromatic N) is 1. The van der Waals surface area contributed by atoms with E-state index in [0.717, 1.165) is 18.9 Å². The zero-order valence-corrected chi connectivity index (χ0v) is 8.79. The predicted molar refractivity (Wildman–Crippen MR) is 58.2 cm³/mol. The van der Waals surface area contributed by atoms with E-state index in [1.807, 2.05) is 0 Å². The van der Waals surface area contributed by atoms with Crippen LogP contribution in [0.15, 0.2) is 12.1 Å². The van der Waals surface area contributed by atoms with Gasteiger partial charge >= 0.3 is 0 Å². The number of rotatable bonds is 2. The Morgan fingerprint density at radius 1 is 1.44 bits per heavy atom. The molecule has 0 saturated carbocycles. The molecule has 0 aromatic heterocycles. The topological polar surface area (TPSA) is 49.5 Å². The molecule has 1 saturated heterocycles. The molecule has 0 amide bonds. The van der Waals surface area contributed by atoms with Gasteiger partial charge in [-0.15, -0.1) is 0 Å². The number of nitrogen functional groups attached to an aromatic ring is 1. The number of anilines is 2. The van der Waals surface area contributed by atoms with Crippen LogP contribution in [0, 0.1) is 11.6 Å².